The van der Waals surface area contributed by atoms with Crippen molar-refractivity contribution in [3.8, 4) is 5.75 Å². The van der Waals surface area contributed by atoms with E-state index in [1.54, 1.807) is 35.7 Å². The zero-order valence-corrected chi connectivity index (χ0v) is 18.9. The number of benzene rings is 2. The van der Waals surface area contributed by atoms with Crippen LogP contribution in [0, 0.1) is 0 Å². The molecule has 0 fully saturated rings. The maximum atomic E-state index is 13.0. The fraction of sp³-hybridized carbons (Fsp3) is 0.435. The van der Waals surface area contributed by atoms with Crippen LogP contribution in [0.5, 0.6) is 5.75 Å². The molecule has 7 heteroatoms. The lowest BCUT2D eigenvalue weighted by Gasteiger charge is -2.22. The van der Waals surface area contributed by atoms with Crippen molar-refractivity contribution in [1.82, 2.24) is 4.31 Å². The van der Waals surface area contributed by atoms with Gasteiger partial charge >= 0.3 is 0 Å². The molecule has 164 valence electrons. The highest BCUT2D eigenvalue weighted by atomic mass is 32.2. The van der Waals surface area contributed by atoms with Gasteiger partial charge in [0.05, 0.1) is 18.4 Å². The summed E-state index contributed by atoms with van der Waals surface area (Å²) in [5, 5.41) is 2.82. The van der Waals surface area contributed by atoms with Gasteiger partial charge in [0, 0.05) is 18.8 Å². The normalized spacial score (nSPS) is 11.5. The Balaban J connectivity index is 2.03. The van der Waals surface area contributed by atoms with Crippen molar-refractivity contribution < 1.29 is 17.9 Å². The Labute approximate surface area is 180 Å². The van der Waals surface area contributed by atoms with Crippen LogP contribution in [0.4, 0.5) is 5.69 Å². The fourth-order valence-corrected chi connectivity index (χ4v) is 4.53. The van der Waals surface area contributed by atoms with Crippen LogP contribution in [0.3, 0.4) is 0 Å². The largest absolute Gasteiger partial charge is 0.497 e. The van der Waals surface area contributed by atoms with Gasteiger partial charge in [-0.1, -0.05) is 38.8 Å². The number of unbranched alkanes of at least 4 members (excludes halogenated alkanes) is 2. The Morgan fingerprint density at radius 2 is 1.50 bits per heavy atom. The van der Waals surface area contributed by atoms with Crippen molar-refractivity contribution in [1.29, 1.82) is 0 Å². The van der Waals surface area contributed by atoms with E-state index in [4.69, 9.17) is 4.74 Å². The SMILES string of the molecule is CCCCN(CCCC)S(=O)(=O)c1ccc(NC(=O)Cc2ccc(OC)cc2)cc1. The van der Waals surface area contributed by atoms with Crippen LogP contribution < -0.4 is 10.1 Å². The van der Waals surface area contributed by atoms with Crippen molar-refractivity contribution in [2.75, 3.05) is 25.5 Å². The van der Waals surface area contributed by atoms with Crippen LogP contribution >= 0.6 is 0 Å². The Hall–Kier alpha value is -2.38. The van der Waals surface area contributed by atoms with Gasteiger partial charge in [0.15, 0.2) is 0 Å². The van der Waals surface area contributed by atoms with Crippen molar-refractivity contribution in [2.24, 2.45) is 0 Å². The predicted octanol–water partition coefficient (Wildman–Crippen LogP) is 4.47. The Kier molecular flexibility index (Phi) is 9.33. The van der Waals surface area contributed by atoms with Gasteiger partial charge in [0.25, 0.3) is 0 Å². The van der Waals surface area contributed by atoms with Crippen molar-refractivity contribution in [2.45, 2.75) is 50.8 Å². The Bertz CT molecular complexity index is 886. The molecule has 1 N–H and O–H groups in total. The molecule has 0 bridgehead atoms. The number of carbonyl (C=O) groups excluding carboxylic acids is 1. The average molecular weight is 433 g/mol. The number of nitrogens with one attached hydrogen (secondary N) is 1. The summed E-state index contributed by atoms with van der Waals surface area (Å²) < 4.78 is 32.7. The number of sulfonamides is 1. The van der Waals surface area contributed by atoms with E-state index in [1.165, 1.54) is 0 Å². The summed E-state index contributed by atoms with van der Waals surface area (Å²) >= 11 is 0. The van der Waals surface area contributed by atoms with Crippen LogP contribution in [0.15, 0.2) is 53.4 Å². The molecule has 0 unspecified atom stereocenters. The fourth-order valence-electron chi connectivity index (χ4n) is 3.01. The molecule has 0 aromatic heterocycles. The highest BCUT2D eigenvalue weighted by Gasteiger charge is 2.23. The molecule has 0 radical (unpaired) electrons. The zero-order chi connectivity index (χ0) is 22.0. The van der Waals surface area contributed by atoms with Crippen LogP contribution in [-0.2, 0) is 21.2 Å². The van der Waals surface area contributed by atoms with Gasteiger partial charge in [-0.15, -0.1) is 0 Å². The molecular formula is C23H32N2O4S. The number of rotatable bonds is 12. The average Bonchev–Trinajstić information content (AvgIpc) is 2.74. The predicted molar refractivity (Wildman–Crippen MR) is 120 cm³/mol. The monoisotopic (exact) mass is 432 g/mol. The van der Waals surface area contributed by atoms with E-state index >= 15 is 0 Å². The maximum Gasteiger partial charge on any atom is 0.243 e. The lowest BCUT2D eigenvalue weighted by Crippen LogP contribution is -2.33. The van der Waals surface area contributed by atoms with Gasteiger partial charge in [0.1, 0.15) is 5.75 Å². The molecule has 0 aliphatic heterocycles. The first kappa shape index (κ1) is 23.9. The molecule has 30 heavy (non-hydrogen) atoms. The Morgan fingerprint density at radius 3 is 2.00 bits per heavy atom. The van der Waals surface area contributed by atoms with E-state index in [0.717, 1.165) is 37.0 Å². The lowest BCUT2D eigenvalue weighted by molar-refractivity contribution is -0.115. The van der Waals surface area contributed by atoms with Crippen molar-refractivity contribution >= 4 is 21.6 Å². The summed E-state index contributed by atoms with van der Waals surface area (Å²) in [6, 6.07) is 13.7. The molecule has 0 saturated heterocycles. The van der Waals surface area contributed by atoms with E-state index in [1.807, 2.05) is 38.1 Å². The van der Waals surface area contributed by atoms with E-state index in [0.29, 0.717) is 18.8 Å². The summed E-state index contributed by atoms with van der Waals surface area (Å²) in [5.74, 6) is 0.575. The third-order valence-electron chi connectivity index (χ3n) is 4.82. The van der Waals surface area contributed by atoms with Gasteiger partial charge in [-0.2, -0.15) is 4.31 Å². The number of ether oxygens (including phenoxy) is 1. The topological polar surface area (TPSA) is 75.7 Å². The number of hydrogen-bond acceptors (Lipinski definition) is 4. The van der Waals surface area contributed by atoms with Crippen LogP contribution in [0.1, 0.15) is 45.1 Å². The third kappa shape index (κ3) is 6.85. The van der Waals surface area contributed by atoms with Gasteiger partial charge in [0.2, 0.25) is 15.9 Å². The molecule has 0 heterocycles. The number of anilines is 1. The molecule has 0 spiro atoms. The first-order valence-corrected chi connectivity index (χ1v) is 11.9. The second kappa shape index (κ2) is 11.7. The molecule has 1 amide bonds. The molecule has 2 aromatic carbocycles. The van der Waals surface area contributed by atoms with Gasteiger partial charge in [-0.3, -0.25) is 4.79 Å². The van der Waals surface area contributed by atoms with Gasteiger partial charge in [-0.05, 0) is 54.8 Å². The van der Waals surface area contributed by atoms with Crippen molar-refractivity contribution in [3.63, 3.8) is 0 Å². The summed E-state index contributed by atoms with van der Waals surface area (Å²) in [6.07, 6.45) is 3.78. The highest BCUT2D eigenvalue weighted by molar-refractivity contribution is 7.89. The number of methoxy groups -OCH3 is 1. The first-order valence-electron chi connectivity index (χ1n) is 10.4. The number of amides is 1. The minimum Gasteiger partial charge on any atom is -0.497 e. The molecule has 6 nitrogen and oxygen atoms in total. The minimum absolute atomic E-state index is 0.164. The zero-order valence-electron chi connectivity index (χ0n) is 18.1. The quantitative estimate of drug-likeness (QED) is 0.537. The van der Waals surface area contributed by atoms with Crippen LogP contribution in [-0.4, -0.2) is 38.8 Å². The summed E-state index contributed by atoms with van der Waals surface area (Å²) in [6.45, 7) is 5.15. The van der Waals surface area contributed by atoms with E-state index in [9.17, 15) is 13.2 Å². The first-order chi connectivity index (χ1) is 14.4. The van der Waals surface area contributed by atoms with Crippen LogP contribution in [0.2, 0.25) is 0 Å². The van der Waals surface area contributed by atoms with Gasteiger partial charge in [-0.25, -0.2) is 8.42 Å². The molecular weight excluding hydrogens is 400 g/mol. The molecule has 0 saturated carbocycles. The summed E-state index contributed by atoms with van der Waals surface area (Å²) in [5.41, 5.74) is 1.44. The summed E-state index contributed by atoms with van der Waals surface area (Å²) in [4.78, 5) is 12.5. The highest BCUT2D eigenvalue weighted by Crippen LogP contribution is 2.20. The second-order valence-corrected chi connectivity index (χ2v) is 9.15. The van der Waals surface area contributed by atoms with E-state index < -0.39 is 10.0 Å². The smallest absolute Gasteiger partial charge is 0.243 e. The molecule has 0 aliphatic rings. The third-order valence-corrected chi connectivity index (χ3v) is 6.73. The Morgan fingerprint density at radius 1 is 0.933 bits per heavy atom. The number of hydrogen-bond donors (Lipinski definition) is 1. The minimum atomic E-state index is -3.54. The molecule has 2 rings (SSSR count). The van der Waals surface area contributed by atoms with E-state index in [2.05, 4.69) is 5.32 Å². The summed E-state index contributed by atoms with van der Waals surface area (Å²) in [7, 11) is -1.94. The maximum absolute atomic E-state index is 13.0. The van der Waals surface area contributed by atoms with E-state index in [-0.39, 0.29) is 17.2 Å². The molecule has 0 atom stereocenters. The van der Waals surface area contributed by atoms with Gasteiger partial charge < -0.3 is 10.1 Å². The lowest BCUT2D eigenvalue weighted by atomic mass is 10.1. The molecule has 0 aliphatic carbocycles. The number of carbonyl (C=O) groups is 1. The standard InChI is InChI=1S/C23H32N2O4S/c1-4-6-16-25(17-7-5-2)30(27,28)22-14-10-20(11-15-22)24-23(26)18-19-8-12-21(29-3)13-9-19/h8-15H,4-7,16-18H2,1-3H3,(H,24,26). The molecule has 2 aromatic rings. The van der Waals surface area contributed by atoms with Crippen LogP contribution in [0.25, 0.3) is 0 Å². The van der Waals surface area contributed by atoms with Crippen molar-refractivity contribution in [3.05, 3.63) is 54.1 Å². The number of nitrogens with zero attached hydrogens (tertiary/aromatic N) is 1. The second-order valence-electron chi connectivity index (χ2n) is 7.21.